The Kier molecular flexibility index (Phi) is 11.0. The largest absolute Gasteiger partial charge is 0.462 e. The van der Waals surface area contributed by atoms with Crippen molar-refractivity contribution in [3.8, 4) is 0 Å². The van der Waals surface area contributed by atoms with Gasteiger partial charge in [-0.3, -0.25) is 9.59 Å². The normalized spacial score (nSPS) is 24.4. The number of ether oxygens (including phenoxy) is 6. The molecule has 13 nitrogen and oxygen atoms in total. The van der Waals surface area contributed by atoms with Crippen molar-refractivity contribution in [1.82, 2.24) is 5.32 Å². The van der Waals surface area contributed by atoms with E-state index in [2.05, 4.69) is 5.32 Å². The van der Waals surface area contributed by atoms with Crippen LogP contribution >= 0.6 is 0 Å². The van der Waals surface area contributed by atoms with Gasteiger partial charge in [0, 0.05) is 29.9 Å². The first-order chi connectivity index (χ1) is 21.7. The van der Waals surface area contributed by atoms with Crippen LogP contribution in [0.1, 0.15) is 69.8 Å². The number of fused-ring (bicyclic) bond motifs is 1. The summed E-state index contributed by atoms with van der Waals surface area (Å²) in [4.78, 5) is 63.2. The van der Waals surface area contributed by atoms with Gasteiger partial charge in [-0.2, -0.15) is 0 Å². The van der Waals surface area contributed by atoms with Crippen molar-refractivity contribution < 1.29 is 57.5 Å². The molecule has 0 radical (unpaired) electrons. The number of hydrogen-bond donors (Lipinski definition) is 2. The highest BCUT2D eigenvalue weighted by molar-refractivity contribution is 5.97. The summed E-state index contributed by atoms with van der Waals surface area (Å²) in [6.45, 7) is 8.43. The molecule has 2 aliphatic heterocycles. The van der Waals surface area contributed by atoms with Crippen molar-refractivity contribution in [2.75, 3.05) is 20.0 Å². The number of carbonyl (C=O) groups excluding carboxylic acids is 5. The Morgan fingerprint density at radius 1 is 1.13 bits per heavy atom. The minimum atomic E-state index is -1.05. The zero-order chi connectivity index (χ0) is 33.6. The van der Waals surface area contributed by atoms with Crippen LogP contribution in [-0.4, -0.2) is 91.0 Å². The summed E-state index contributed by atoms with van der Waals surface area (Å²) in [7, 11) is 0. The second kappa shape index (κ2) is 14.6. The average molecular weight is 644 g/mol. The smallest absolute Gasteiger partial charge is 0.348 e. The van der Waals surface area contributed by atoms with Gasteiger partial charge in [-0.15, -0.1) is 0 Å². The maximum atomic E-state index is 13.4. The molecule has 250 valence electrons. The van der Waals surface area contributed by atoms with Gasteiger partial charge in [-0.1, -0.05) is 32.0 Å². The number of aliphatic hydroxyl groups excluding tert-OH is 1. The highest BCUT2D eigenvalue weighted by Crippen LogP contribution is 2.32. The van der Waals surface area contributed by atoms with Gasteiger partial charge in [0.1, 0.15) is 37.3 Å². The molecule has 2 heterocycles. The highest BCUT2D eigenvalue weighted by Gasteiger charge is 2.46. The molecule has 46 heavy (non-hydrogen) atoms. The van der Waals surface area contributed by atoms with E-state index >= 15 is 0 Å². The number of cyclic esters (lactones) is 1. The number of benzene rings is 1. The van der Waals surface area contributed by atoms with Crippen LogP contribution in [0.5, 0.6) is 0 Å². The third-order valence-electron chi connectivity index (χ3n) is 7.54. The first-order valence-electron chi connectivity index (χ1n) is 15.1. The summed E-state index contributed by atoms with van der Waals surface area (Å²) in [5, 5.41) is 12.5. The SMILES string of the molecule is CC(C)(C)OC(=O)CC[C@@H](CO)NC(=O)C1=C[C@H]2OCO[C@H]2[C@H](OC(=O)c2ccccc2C=CC(=O)O[C@H]2C(=O)OCC2(C)C)C1. The number of aliphatic hydroxyl groups is 1. The van der Waals surface area contributed by atoms with Crippen LogP contribution in [0.3, 0.4) is 0 Å². The van der Waals surface area contributed by atoms with Crippen LogP contribution < -0.4 is 5.32 Å². The Labute approximate surface area is 267 Å². The summed E-state index contributed by atoms with van der Waals surface area (Å²) in [6, 6.07) is 5.73. The summed E-state index contributed by atoms with van der Waals surface area (Å²) < 4.78 is 32.7. The van der Waals surface area contributed by atoms with Crippen molar-refractivity contribution in [2.24, 2.45) is 5.41 Å². The topological polar surface area (TPSA) is 173 Å². The fraction of sp³-hybridized carbons (Fsp3) is 0.545. The lowest BCUT2D eigenvalue weighted by molar-refractivity contribution is -0.159. The van der Waals surface area contributed by atoms with E-state index < -0.39 is 77.9 Å². The second-order valence-corrected chi connectivity index (χ2v) is 13.0. The Morgan fingerprint density at radius 2 is 1.87 bits per heavy atom. The molecule has 13 heteroatoms. The Morgan fingerprint density at radius 3 is 2.54 bits per heavy atom. The van der Waals surface area contributed by atoms with E-state index in [-0.39, 0.29) is 43.8 Å². The molecule has 5 atom stereocenters. The molecule has 4 rings (SSSR count). The Hall–Kier alpha value is -4.07. The van der Waals surface area contributed by atoms with Gasteiger partial charge in [0.25, 0.3) is 0 Å². The third kappa shape index (κ3) is 9.02. The molecule has 1 amide bonds. The predicted molar refractivity (Wildman–Crippen MR) is 161 cm³/mol. The maximum Gasteiger partial charge on any atom is 0.348 e. The molecule has 1 aliphatic carbocycles. The van der Waals surface area contributed by atoms with E-state index in [0.717, 1.165) is 6.08 Å². The lowest BCUT2D eigenvalue weighted by atomic mass is 9.90. The zero-order valence-electron chi connectivity index (χ0n) is 26.6. The maximum absolute atomic E-state index is 13.4. The molecular weight excluding hydrogens is 602 g/mol. The summed E-state index contributed by atoms with van der Waals surface area (Å²) in [5.74, 6) is -3.07. The van der Waals surface area contributed by atoms with Gasteiger partial charge in [0.2, 0.25) is 12.0 Å². The molecule has 0 bridgehead atoms. The molecule has 0 unspecified atom stereocenters. The van der Waals surface area contributed by atoms with Crippen molar-refractivity contribution >= 4 is 35.9 Å². The molecule has 0 saturated carbocycles. The van der Waals surface area contributed by atoms with Gasteiger partial charge in [0.15, 0.2) is 0 Å². The quantitative estimate of drug-likeness (QED) is 0.205. The van der Waals surface area contributed by atoms with Gasteiger partial charge in [-0.05, 0) is 51.0 Å². The summed E-state index contributed by atoms with van der Waals surface area (Å²) >= 11 is 0. The van der Waals surface area contributed by atoms with Crippen molar-refractivity contribution in [1.29, 1.82) is 0 Å². The molecule has 1 aromatic rings. The molecule has 2 N–H and O–H groups in total. The minimum Gasteiger partial charge on any atom is -0.462 e. The van der Waals surface area contributed by atoms with E-state index in [1.54, 1.807) is 58.9 Å². The van der Waals surface area contributed by atoms with E-state index in [1.807, 2.05) is 0 Å². The lowest BCUT2D eigenvalue weighted by Gasteiger charge is -2.30. The summed E-state index contributed by atoms with van der Waals surface area (Å²) in [6.07, 6.45) is 1.02. The monoisotopic (exact) mass is 643 g/mol. The summed E-state index contributed by atoms with van der Waals surface area (Å²) in [5.41, 5.74) is -0.552. The van der Waals surface area contributed by atoms with Crippen molar-refractivity contribution in [2.45, 2.75) is 89.9 Å². The van der Waals surface area contributed by atoms with Crippen LogP contribution in [0.2, 0.25) is 0 Å². The lowest BCUT2D eigenvalue weighted by Crippen LogP contribution is -2.45. The second-order valence-electron chi connectivity index (χ2n) is 13.0. The minimum absolute atomic E-state index is 0.000393. The fourth-order valence-corrected chi connectivity index (χ4v) is 5.17. The number of nitrogens with one attached hydrogen (secondary N) is 1. The Balaban J connectivity index is 1.40. The van der Waals surface area contributed by atoms with E-state index in [4.69, 9.17) is 28.4 Å². The van der Waals surface area contributed by atoms with Crippen LogP contribution in [0.4, 0.5) is 0 Å². The molecule has 2 fully saturated rings. The van der Waals surface area contributed by atoms with Gasteiger partial charge in [0.05, 0.1) is 18.2 Å². The number of hydrogen-bond acceptors (Lipinski definition) is 12. The molecular formula is C33H41NO12. The van der Waals surface area contributed by atoms with Crippen LogP contribution in [-0.2, 0) is 47.6 Å². The third-order valence-corrected chi connectivity index (χ3v) is 7.54. The highest BCUT2D eigenvalue weighted by atomic mass is 16.7. The predicted octanol–water partition coefficient (Wildman–Crippen LogP) is 2.39. The molecule has 0 spiro atoms. The van der Waals surface area contributed by atoms with E-state index in [9.17, 15) is 29.1 Å². The number of esters is 4. The van der Waals surface area contributed by atoms with Crippen LogP contribution in [0, 0.1) is 5.41 Å². The van der Waals surface area contributed by atoms with Crippen LogP contribution in [0.15, 0.2) is 42.0 Å². The van der Waals surface area contributed by atoms with Gasteiger partial charge < -0.3 is 38.8 Å². The van der Waals surface area contributed by atoms with Gasteiger partial charge in [-0.25, -0.2) is 14.4 Å². The van der Waals surface area contributed by atoms with Crippen molar-refractivity contribution in [3.63, 3.8) is 0 Å². The van der Waals surface area contributed by atoms with E-state index in [0.29, 0.717) is 5.56 Å². The molecule has 1 aromatic carbocycles. The van der Waals surface area contributed by atoms with E-state index in [1.165, 1.54) is 12.1 Å². The Bertz CT molecular complexity index is 1390. The molecule has 3 aliphatic rings. The fourth-order valence-electron chi connectivity index (χ4n) is 5.17. The molecule has 0 aromatic heterocycles. The standard InChI is InChI=1S/C33H41NO12/c1-32(2,3)46-26(37)13-11-21(16-35)34-29(38)20-14-23-27(43-18-42-23)24(15-20)44-30(39)22-9-7-6-8-19(22)10-12-25(36)45-28-31(40)41-17-33(28,4)5/h6-10,12,14,21,23-24,27-28,35H,11,13,15-18H2,1-5H3,(H,34,38)/t21-,23+,24+,27+,28-/m0/s1. The first-order valence-corrected chi connectivity index (χ1v) is 15.1. The van der Waals surface area contributed by atoms with Crippen LogP contribution in [0.25, 0.3) is 6.08 Å². The van der Waals surface area contributed by atoms with Crippen molar-refractivity contribution in [3.05, 3.63) is 53.1 Å². The first kappa shape index (κ1) is 34.8. The number of rotatable bonds is 11. The molecule has 2 saturated heterocycles. The number of amides is 1. The van der Waals surface area contributed by atoms with Gasteiger partial charge >= 0.3 is 23.9 Å². The number of carbonyl (C=O) groups is 5. The average Bonchev–Trinajstić information content (AvgIpc) is 3.57. The zero-order valence-corrected chi connectivity index (χ0v) is 26.6.